The van der Waals surface area contributed by atoms with Gasteiger partial charge in [0.15, 0.2) is 0 Å². The summed E-state index contributed by atoms with van der Waals surface area (Å²) < 4.78 is 18.4. The van der Waals surface area contributed by atoms with Gasteiger partial charge < -0.3 is 9.84 Å². The molecule has 2 aromatic heterocycles. The minimum absolute atomic E-state index is 0.0806. The van der Waals surface area contributed by atoms with E-state index in [-0.39, 0.29) is 17.6 Å². The maximum Gasteiger partial charge on any atom is 0.258 e. The molecule has 3 aromatic rings. The molecule has 5 nitrogen and oxygen atoms in total. The van der Waals surface area contributed by atoms with E-state index in [9.17, 15) is 9.18 Å². The van der Waals surface area contributed by atoms with Gasteiger partial charge in [-0.1, -0.05) is 11.2 Å². The number of carbonyl (C=O) groups is 1. The van der Waals surface area contributed by atoms with Crippen molar-refractivity contribution in [3.63, 3.8) is 0 Å². The summed E-state index contributed by atoms with van der Waals surface area (Å²) in [5.41, 5.74) is 0.536. The quantitative estimate of drug-likeness (QED) is 0.802. The number of carbonyl (C=O) groups excluding carboxylic acids is 1. The number of amides is 1. The summed E-state index contributed by atoms with van der Waals surface area (Å²) in [7, 11) is 0. The highest BCUT2D eigenvalue weighted by Crippen LogP contribution is 2.28. The van der Waals surface area contributed by atoms with E-state index in [1.165, 1.54) is 30.4 Å². The van der Waals surface area contributed by atoms with Gasteiger partial charge >= 0.3 is 0 Å². The Hall–Kier alpha value is -2.54. The van der Waals surface area contributed by atoms with E-state index in [1.807, 2.05) is 12.1 Å². The van der Waals surface area contributed by atoms with Crippen molar-refractivity contribution in [3.05, 3.63) is 47.1 Å². The number of nitrogens with one attached hydrogen (secondary N) is 1. The fourth-order valence-corrected chi connectivity index (χ4v) is 2.74. The standard InChI is InChI=1S/C15H12FN3O2S/c1-9(20)17-8-12-5-6-13(22-12)14-18-15(21-19-14)10-3-2-4-11(16)7-10/h2-7H,8H2,1H3,(H,17,20). The van der Waals surface area contributed by atoms with Crippen LogP contribution in [0, 0.1) is 5.82 Å². The number of hydrogen-bond donors (Lipinski definition) is 1. The van der Waals surface area contributed by atoms with E-state index < -0.39 is 0 Å². The minimum Gasteiger partial charge on any atom is -0.351 e. The summed E-state index contributed by atoms with van der Waals surface area (Å²) in [6.45, 7) is 1.94. The van der Waals surface area contributed by atoms with Crippen LogP contribution in [0.3, 0.4) is 0 Å². The molecular weight excluding hydrogens is 305 g/mol. The molecule has 1 amide bonds. The summed E-state index contributed by atoms with van der Waals surface area (Å²) >= 11 is 1.47. The molecule has 0 radical (unpaired) electrons. The first-order valence-electron chi connectivity index (χ1n) is 6.55. The Morgan fingerprint density at radius 3 is 3.00 bits per heavy atom. The molecule has 0 atom stereocenters. The van der Waals surface area contributed by atoms with Crippen LogP contribution in [0.4, 0.5) is 4.39 Å². The van der Waals surface area contributed by atoms with E-state index in [0.717, 1.165) is 9.75 Å². The summed E-state index contributed by atoms with van der Waals surface area (Å²) in [6, 6.07) is 9.75. The molecular formula is C15H12FN3O2S. The van der Waals surface area contributed by atoms with E-state index in [4.69, 9.17) is 4.52 Å². The molecule has 0 fully saturated rings. The van der Waals surface area contributed by atoms with E-state index >= 15 is 0 Å². The number of nitrogens with zero attached hydrogens (tertiary/aromatic N) is 2. The first-order valence-corrected chi connectivity index (χ1v) is 7.36. The van der Waals surface area contributed by atoms with Crippen molar-refractivity contribution in [1.29, 1.82) is 0 Å². The second kappa shape index (κ2) is 6.07. The molecule has 0 unspecified atom stereocenters. The molecule has 1 N–H and O–H groups in total. The molecule has 0 aliphatic carbocycles. The number of thiophene rings is 1. The van der Waals surface area contributed by atoms with Gasteiger partial charge in [-0.15, -0.1) is 11.3 Å². The lowest BCUT2D eigenvalue weighted by Gasteiger charge is -1.96. The Morgan fingerprint density at radius 2 is 2.23 bits per heavy atom. The van der Waals surface area contributed by atoms with Crippen molar-refractivity contribution in [2.75, 3.05) is 0 Å². The monoisotopic (exact) mass is 317 g/mol. The summed E-state index contributed by atoms with van der Waals surface area (Å²) in [5, 5.41) is 6.65. The highest BCUT2D eigenvalue weighted by Gasteiger charge is 2.13. The van der Waals surface area contributed by atoms with Gasteiger partial charge in [-0.25, -0.2) is 4.39 Å². The Kier molecular flexibility index (Phi) is 3.97. The predicted octanol–water partition coefficient (Wildman–Crippen LogP) is 3.24. The van der Waals surface area contributed by atoms with E-state index in [1.54, 1.807) is 12.1 Å². The van der Waals surface area contributed by atoms with Crippen LogP contribution in [-0.4, -0.2) is 16.0 Å². The molecule has 112 valence electrons. The lowest BCUT2D eigenvalue weighted by molar-refractivity contribution is -0.119. The Balaban J connectivity index is 1.80. The van der Waals surface area contributed by atoms with Gasteiger partial charge in [0.1, 0.15) is 5.82 Å². The second-order valence-corrected chi connectivity index (χ2v) is 5.78. The number of benzene rings is 1. The van der Waals surface area contributed by atoms with E-state index in [2.05, 4.69) is 15.5 Å². The van der Waals surface area contributed by atoms with Gasteiger partial charge in [-0.3, -0.25) is 4.79 Å². The normalized spacial score (nSPS) is 10.6. The van der Waals surface area contributed by atoms with Gasteiger partial charge in [0.05, 0.1) is 11.4 Å². The van der Waals surface area contributed by atoms with Crippen molar-refractivity contribution in [2.24, 2.45) is 0 Å². The van der Waals surface area contributed by atoms with Crippen LogP contribution in [0.25, 0.3) is 22.2 Å². The van der Waals surface area contributed by atoms with Crippen molar-refractivity contribution >= 4 is 17.2 Å². The van der Waals surface area contributed by atoms with Gasteiger partial charge in [0, 0.05) is 17.4 Å². The smallest absolute Gasteiger partial charge is 0.258 e. The highest BCUT2D eigenvalue weighted by atomic mass is 32.1. The topological polar surface area (TPSA) is 68.0 Å². The fraction of sp³-hybridized carbons (Fsp3) is 0.133. The van der Waals surface area contributed by atoms with Crippen LogP contribution in [0.5, 0.6) is 0 Å². The second-order valence-electron chi connectivity index (χ2n) is 4.61. The zero-order chi connectivity index (χ0) is 15.5. The molecule has 1 aromatic carbocycles. The van der Waals surface area contributed by atoms with Crippen molar-refractivity contribution in [1.82, 2.24) is 15.5 Å². The van der Waals surface area contributed by atoms with Crippen LogP contribution in [0.15, 0.2) is 40.9 Å². The first kappa shape index (κ1) is 14.4. The van der Waals surface area contributed by atoms with Gasteiger partial charge in [0.2, 0.25) is 11.7 Å². The lowest BCUT2D eigenvalue weighted by atomic mass is 10.2. The van der Waals surface area contributed by atoms with Gasteiger partial charge in [-0.2, -0.15) is 4.98 Å². The summed E-state index contributed by atoms with van der Waals surface area (Å²) in [5.74, 6) is 0.276. The zero-order valence-electron chi connectivity index (χ0n) is 11.7. The SMILES string of the molecule is CC(=O)NCc1ccc(-c2noc(-c3cccc(F)c3)n2)s1. The maximum atomic E-state index is 13.2. The van der Waals surface area contributed by atoms with Crippen molar-refractivity contribution in [3.8, 4) is 22.2 Å². The molecule has 0 saturated heterocycles. The number of rotatable bonds is 4. The largest absolute Gasteiger partial charge is 0.351 e. The Bertz CT molecular complexity index is 812. The maximum absolute atomic E-state index is 13.2. The average Bonchev–Trinajstić information content (AvgIpc) is 3.14. The predicted molar refractivity (Wildman–Crippen MR) is 80.5 cm³/mol. The molecule has 22 heavy (non-hydrogen) atoms. The highest BCUT2D eigenvalue weighted by molar-refractivity contribution is 7.15. The van der Waals surface area contributed by atoms with E-state index in [0.29, 0.717) is 17.9 Å². The zero-order valence-corrected chi connectivity index (χ0v) is 12.5. The Labute approximate surface area is 129 Å². The summed E-state index contributed by atoms with van der Waals surface area (Å²) in [4.78, 5) is 17.0. The third-order valence-corrected chi connectivity index (χ3v) is 3.97. The molecule has 0 saturated carbocycles. The number of hydrogen-bond acceptors (Lipinski definition) is 5. The molecule has 3 rings (SSSR count). The van der Waals surface area contributed by atoms with Crippen LogP contribution in [0.2, 0.25) is 0 Å². The van der Waals surface area contributed by atoms with Crippen LogP contribution >= 0.6 is 11.3 Å². The molecule has 0 aliphatic heterocycles. The van der Waals surface area contributed by atoms with Crippen molar-refractivity contribution < 1.29 is 13.7 Å². The van der Waals surface area contributed by atoms with Gasteiger partial charge in [-0.05, 0) is 30.3 Å². The molecule has 0 bridgehead atoms. The number of halogens is 1. The summed E-state index contributed by atoms with van der Waals surface area (Å²) in [6.07, 6.45) is 0. The molecule has 0 spiro atoms. The molecule has 2 heterocycles. The third kappa shape index (κ3) is 3.20. The van der Waals surface area contributed by atoms with Crippen LogP contribution in [-0.2, 0) is 11.3 Å². The number of aromatic nitrogens is 2. The van der Waals surface area contributed by atoms with Gasteiger partial charge in [0.25, 0.3) is 5.89 Å². The van der Waals surface area contributed by atoms with Crippen molar-refractivity contribution in [2.45, 2.75) is 13.5 Å². The Morgan fingerprint density at radius 1 is 1.36 bits per heavy atom. The van der Waals surface area contributed by atoms with Crippen LogP contribution in [0.1, 0.15) is 11.8 Å². The average molecular weight is 317 g/mol. The lowest BCUT2D eigenvalue weighted by Crippen LogP contribution is -2.17. The van der Waals surface area contributed by atoms with Crippen LogP contribution < -0.4 is 5.32 Å². The first-order chi connectivity index (χ1) is 10.6. The molecule has 7 heteroatoms. The third-order valence-electron chi connectivity index (χ3n) is 2.89. The molecule has 0 aliphatic rings. The fourth-order valence-electron chi connectivity index (χ4n) is 1.87. The minimum atomic E-state index is -0.356.